The van der Waals surface area contributed by atoms with Crippen molar-refractivity contribution >= 4 is 23.9 Å². The smallest absolute Gasteiger partial charge is 0.423 e. The van der Waals surface area contributed by atoms with Gasteiger partial charge < -0.3 is 39.4 Å². The molecular formula is C88H120O12. The first-order valence-corrected chi connectivity index (χ1v) is 38.2. The van der Waals surface area contributed by atoms with Crippen LogP contribution in [0, 0.1) is 49.4 Å². The summed E-state index contributed by atoms with van der Waals surface area (Å²) in [7, 11) is 0. The maximum Gasteiger partial charge on any atom is 0.423 e. The van der Waals surface area contributed by atoms with Crippen molar-refractivity contribution < 1.29 is 58.6 Å². The molecule has 0 aromatic heterocycles. The number of aromatic hydroxyl groups is 4. The number of phenolic OH excluding ortho intramolecular Hbond substituents is 4. The fraction of sp³-hybridized carbons (Fsp3) is 0.545. The van der Waals surface area contributed by atoms with Crippen molar-refractivity contribution in [1.82, 2.24) is 0 Å². The molecule has 0 spiro atoms. The zero-order valence-electron chi connectivity index (χ0n) is 63.5. The van der Waals surface area contributed by atoms with Gasteiger partial charge in [-0.05, 0) is 243 Å². The van der Waals surface area contributed by atoms with Gasteiger partial charge in [0.05, 0.1) is 11.1 Å². The van der Waals surface area contributed by atoms with Crippen molar-refractivity contribution in [2.24, 2.45) is 35.5 Å². The lowest BCUT2D eigenvalue weighted by molar-refractivity contribution is -0.156. The highest BCUT2D eigenvalue weighted by molar-refractivity contribution is 6.31. The zero-order chi connectivity index (χ0) is 73.1. The fourth-order valence-corrected chi connectivity index (χ4v) is 15.6. The predicted octanol–water partition coefficient (Wildman–Crippen LogP) is 22.7. The molecule has 2 saturated carbocycles. The molecule has 8 rings (SSSR count). The van der Waals surface area contributed by atoms with E-state index in [0.29, 0.717) is 70.6 Å². The minimum Gasteiger partial charge on any atom is -0.508 e. The summed E-state index contributed by atoms with van der Waals surface area (Å²) in [5.41, 5.74) is 10.8. The first kappa shape index (κ1) is 79.7. The molecule has 2 aliphatic rings. The SMILES string of the molecule is CCCCCc1cc(O)c(-c2cc(C)ccc2C(C)C)c(OC(=O)C(=O)Oc2cc(CCCCC)cc(O)c2[C@@H]2C[C@@H](C)CC[C@H]2C(C)C)c1.CCCCCc1cc(O)c(-c2cc(C)ccc2C(C)C)c(OC(=O)C(=O)Oc2cc(CCCCC)cc(O)c2[C@@H]2C[C@H](C)CC[C@H]2C(C)C)c1. The van der Waals surface area contributed by atoms with Crippen LogP contribution in [0.5, 0.6) is 46.0 Å². The lowest BCUT2D eigenvalue weighted by Gasteiger charge is -2.38. The summed E-state index contributed by atoms with van der Waals surface area (Å²) in [6.45, 7) is 34.1. The highest BCUT2D eigenvalue weighted by atomic mass is 16.6. The van der Waals surface area contributed by atoms with Gasteiger partial charge in [-0.25, -0.2) is 19.2 Å². The summed E-state index contributed by atoms with van der Waals surface area (Å²) >= 11 is 0. The van der Waals surface area contributed by atoms with Crippen LogP contribution >= 0.6 is 0 Å². The number of unbranched alkanes of at least 4 members (excludes halogenated alkanes) is 8. The quantitative estimate of drug-likeness (QED) is 0.0158. The molecule has 12 nitrogen and oxygen atoms in total. The average Bonchev–Trinajstić information content (AvgIpc) is 0.799. The number of carbonyl (C=O) groups is 4. The van der Waals surface area contributed by atoms with Gasteiger partial charge in [0.15, 0.2) is 0 Å². The molecule has 2 fully saturated rings. The van der Waals surface area contributed by atoms with E-state index < -0.39 is 23.9 Å². The van der Waals surface area contributed by atoms with E-state index in [4.69, 9.17) is 18.9 Å². The largest absolute Gasteiger partial charge is 0.508 e. The average molecular weight is 1370 g/mol. The summed E-state index contributed by atoms with van der Waals surface area (Å²) < 4.78 is 23.7. The van der Waals surface area contributed by atoms with E-state index in [1.54, 1.807) is 24.3 Å². The number of hydrogen-bond donors (Lipinski definition) is 4. The molecule has 4 N–H and O–H groups in total. The first-order valence-electron chi connectivity index (χ1n) is 38.2. The van der Waals surface area contributed by atoms with Crippen molar-refractivity contribution in [2.75, 3.05) is 0 Å². The molecule has 2 aliphatic carbocycles. The van der Waals surface area contributed by atoms with Crippen LogP contribution in [0.2, 0.25) is 0 Å². The van der Waals surface area contributed by atoms with Gasteiger partial charge in [0.25, 0.3) is 0 Å². The maximum absolute atomic E-state index is 13.7. The van der Waals surface area contributed by atoms with Crippen LogP contribution in [0.4, 0.5) is 0 Å². The highest BCUT2D eigenvalue weighted by Crippen LogP contribution is 2.53. The van der Waals surface area contributed by atoms with Crippen LogP contribution in [-0.4, -0.2) is 44.3 Å². The highest BCUT2D eigenvalue weighted by Gasteiger charge is 2.39. The summed E-state index contributed by atoms with van der Waals surface area (Å²) in [6, 6.07) is 26.4. The normalized spacial score (nSPS) is 17.7. The van der Waals surface area contributed by atoms with E-state index in [2.05, 4.69) is 96.9 Å². The van der Waals surface area contributed by atoms with Gasteiger partial charge in [0, 0.05) is 11.1 Å². The van der Waals surface area contributed by atoms with Gasteiger partial charge in [-0.3, -0.25) is 0 Å². The van der Waals surface area contributed by atoms with Gasteiger partial charge in [-0.15, -0.1) is 0 Å². The van der Waals surface area contributed by atoms with Crippen molar-refractivity contribution in [3.63, 3.8) is 0 Å². The molecule has 6 atom stereocenters. The number of phenols is 4. The van der Waals surface area contributed by atoms with E-state index in [1.807, 2.05) is 74.5 Å². The summed E-state index contributed by atoms with van der Waals surface area (Å²) in [6.07, 6.45) is 21.0. The molecule has 12 heteroatoms. The number of aryl methyl sites for hydroxylation is 6. The van der Waals surface area contributed by atoms with E-state index >= 15 is 0 Å². The molecule has 0 bridgehead atoms. The van der Waals surface area contributed by atoms with Crippen molar-refractivity contribution in [3.05, 3.63) is 141 Å². The molecule has 0 amide bonds. The van der Waals surface area contributed by atoms with Crippen LogP contribution in [0.15, 0.2) is 84.9 Å². The van der Waals surface area contributed by atoms with Crippen molar-refractivity contribution in [2.45, 2.75) is 276 Å². The summed E-state index contributed by atoms with van der Waals surface area (Å²) in [4.78, 5) is 54.9. The lowest BCUT2D eigenvalue weighted by Crippen LogP contribution is -2.29. The molecule has 6 aromatic carbocycles. The molecular weight excluding hydrogens is 1250 g/mol. The Balaban J connectivity index is 0.000000281. The van der Waals surface area contributed by atoms with Crippen LogP contribution < -0.4 is 18.9 Å². The molecule has 0 aliphatic heterocycles. The second-order valence-electron chi connectivity index (χ2n) is 30.8. The molecule has 0 saturated heterocycles. The Morgan fingerprint density at radius 1 is 0.390 bits per heavy atom. The lowest BCUT2D eigenvalue weighted by atomic mass is 9.67. The number of esters is 4. The zero-order valence-corrected chi connectivity index (χ0v) is 63.5. The summed E-state index contributed by atoms with van der Waals surface area (Å²) in [5, 5.41) is 46.0. The first-order chi connectivity index (χ1) is 47.7. The van der Waals surface area contributed by atoms with Crippen LogP contribution in [0.3, 0.4) is 0 Å². The van der Waals surface area contributed by atoms with Crippen molar-refractivity contribution in [3.8, 4) is 68.2 Å². The number of hydrogen-bond acceptors (Lipinski definition) is 12. The maximum atomic E-state index is 13.7. The predicted molar refractivity (Wildman–Crippen MR) is 405 cm³/mol. The Bertz CT molecular complexity index is 3480. The standard InChI is InChI=1S/2C44H60O6/c2*1-9-11-13-15-31-23-37(45)41(35-21-29(7)17-19-33(35)27(3)4)39(25-31)49-43(47)44(48)50-40-26-32(16-14-12-10-2)24-38(46)42(40)36-22-30(8)18-20-34(36)28(5)6/h2*17,19,21,23-28,30,34,36,45-46H,9-16,18,20,22H2,1-8H3/t30-,34+,36-;30-,34-,36+/m10/s1. The van der Waals surface area contributed by atoms with E-state index in [9.17, 15) is 39.6 Å². The topological polar surface area (TPSA) is 186 Å². The van der Waals surface area contributed by atoms with Crippen LogP contribution in [-0.2, 0) is 44.9 Å². The Kier molecular flexibility index (Phi) is 30.2. The monoisotopic (exact) mass is 1370 g/mol. The van der Waals surface area contributed by atoms with E-state index in [-0.39, 0.29) is 69.7 Å². The minimum absolute atomic E-state index is 0.000741. The number of benzene rings is 6. The Hall–Kier alpha value is -7.60. The number of rotatable bonds is 28. The molecule has 544 valence electrons. The molecule has 6 aromatic rings. The Morgan fingerprint density at radius 3 is 0.970 bits per heavy atom. The minimum atomic E-state index is -1.17. The summed E-state index contributed by atoms with van der Waals surface area (Å²) in [5.74, 6) is -1.17. The molecule has 0 radical (unpaired) electrons. The Labute approximate surface area is 599 Å². The Morgan fingerprint density at radius 2 is 0.680 bits per heavy atom. The van der Waals surface area contributed by atoms with Gasteiger partial charge in [-0.1, -0.05) is 209 Å². The van der Waals surface area contributed by atoms with Gasteiger partial charge in [0.2, 0.25) is 0 Å². The number of ether oxygens (including phenoxy) is 4. The molecule has 0 unspecified atom stereocenters. The molecule has 0 heterocycles. The third-order valence-corrected chi connectivity index (χ3v) is 21.0. The fourth-order valence-electron chi connectivity index (χ4n) is 15.6. The second kappa shape index (κ2) is 37.9. The van der Waals surface area contributed by atoms with Crippen LogP contribution in [0.1, 0.15) is 292 Å². The molecule has 100 heavy (non-hydrogen) atoms. The van der Waals surface area contributed by atoms with Crippen molar-refractivity contribution in [1.29, 1.82) is 0 Å². The number of carbonyl (C=O) groups excluding carboxylic acids is 4. The van der Waals surface area contributed by atoms with Gasteiger partial charge in [-0.2, -0.15) is 0 Å². The third kappa shape index (κ3) is 21.2. The van der Waals surface area contributed by atoms with E-state index in [0.717, 1.165) is 184 Å². The van der Waals surface area contributed by atoms with Gasteiger partial charge in [0.1, 0.15) is 46.0 Å². The third-order valence-electron chi connectivity index (χ3n) is 21.0. The van der Waals surface area contributed by atoms with Gasteiger partial charge >= 0.3 is 23.9 Å². The van der Waals surface area contributed by atoms with E-state index in [1.165, 1.54) is 0 Å². The second-order valence-corrected chi connectivity index (χ2v) is 30.8. The van der Waals surface area contributed by atoms with Crippen LogP contribution in [0.25, 0.3) is 22.3 Å².